The quantitative estimate of drug-likeness (QED) is 0.676. The Hall–Kier alpha value is -2.66. The molecule has 0 aliphatic carbocycles. The summed E-state index contributed by atoms with van der Waals surface area (Å²) in [6.45, 7) is 0.393. The highest BCUT2D eigenvalue weighted by atomic mass is 35.5. The summed E-state index contributed by atoms with van der Waals surface area (Å²) in [6, 6.07) is 11.6. The van der Waals surface area contributed by atoms with Gasteiger partial charge in [-0.15, -0.1) is 0 Å². The summed E-state index contributed by atoms with van der Waals surface area (Å²) in [5, 5.41) is 0.339. The standard InChI is InChI=1S/C18H15ClFN3O/c1-22(12-13-5-7-14(20)8-6-13)17(24)10-9-15-18(19)21-16-4-2-3-11-23(15)16/h2-11H,12H2,1H3/b10-9+. The van der Waals surface area contributed by atoms with Crippen LogP contribution in [0.25, 0.3) is 11.7 Å². The maximum absolute atomic E-state index is 12.9. The van der Waals surface area contributed by atoms with Crippen molar-refractivity contribution in [1.82, 2.24) is 14.3 Å². The molecule has 0 fully saturated rings. The lowest BCUT2D eigenvalue weighted by Crippen LogP contribution is -2.24. The highest BCUT2D eigenvalue weighted by molar-refractivity contribution is 6.31. The summed E-state index contributed by atoms with van der Waals surface area (Å²) >= 11 is 6.13. The maximum atomic E-state index is 12.9. The van der Waals surface area contributed by atoms with E-state index in [0.717, 1.165) is 5.56 Å². The molecule has 1 aromatic carbocycles. The van der Waals surface area contributed by atoms with Crippen molar-refractivity contribution in [1.29, 1.82) is 0 Å². The Morgan fingerprint density at radius 1 is 1.29 bits per heavy atom. The zero-order valence-corrected chi connectivity index (χ0v) is 13.7. The van der Waals surface area contributed by atoms with E-state index >= 15 is 0 Å². The van der Waals surface area contributed by atoms with E-state index in [9.17, 15) is 9.18 Å². The van der Waals surface area contributed by atoms with Crippen molar-refractivity contribution in [3.63, 3.8) is 0 Å². The fraction of sp³-hybridized carbons (Fsp3) is 0.111. The average Bonchev–Trinajstić information content (AvgIpc) is 2.90. The fourth-order valence-corrected chi connectivity index (χ4v) is 2.59. The molecule has 0 unspecified atom stereocenters. The Balaban J connectivity index is 1.74. The lowest BCUT2D eigenvalue weighted by Gasteiger charge is -2.15. The van der Waals surface area contributed by atoms with E-state index in [0.29, 0.717) is 23.0 Å². The predicted octanol–water partition coefficient (Wildman–Crippen LogP) is 3.80. The molecule has 0 saturated heterocycles. The predicted molar refractivity (Wildman–Crippen MR) is 92.1 cm³/mol. The van der Waals surface area contributed by atoms with Crippen LogP contribution >= 0.6 is 11.6 Å². The van der Waals surface area contributed by atoms with E-state index in [1.54, 1.807) is 30.2 Å². The number of carbonyl (C=O) groups excluding carboxylic acids is 1. The molecule has 0 spiro atoms. The van der Waals surface area contributed by atoms with Gasteiger partial charge in [0.1, 0.15) is 11.5 Å². The van der Waals surface area contributed by atoms with Gasteiger partial charge in [0.25, 0.3) is 0 Å². The van der Waals surface area contributed by atoms with Crippen molar-refractivity contribution in [2.24, 2.45) is 0 Å². The van der Waals surface area contributed by atoms with Gasteiger partial charge in [-0.2, -0.15) is 0 Å². The number of fused-ring (bicyclic) bond motifs is 1. The fourth-order valence-electron chi connectivity index (χ4n) is 2.35. The zero-order valence-electron chi connectivity index (χ0n) is 13.0. The molecule has 2 heterocycles. The first-order chi connectivity index (χ1) is 11.5. The summed E-state index contributed by atoms with van der Waals surface area (Å²) in [6.07, 6.45) is 4.93. The molecule has 0 bridgehead atoms. The van der Waals surface area contributed by atoms with Gasteiger partial charge in [-0.1, -0.05) is 29.8 Å². The van der Waals surface area contributed by atoms with Crippen LogP contribution in [0.5, 0.6) is 0 Å². The molecule has 24 heavy (non-hydrogen) atoms. The Kier molecular flexibility index (Phi) is 4.62. The van der Waals surface area contributed by atoms with Crippen molar-refractivity contribution in [3.05, 3.63) is 77.0 Å². The van der Waals surface area contributed by atoms with Crippen LogP contribution < -0.4 is 0 Å². The van der Waals surface area contributed by atoms with Gasteiger partial charge in [-0.3, -0.25) is 9.20 Å². The molecule has 6 heteroatoms. The first-order valence-electron chi connectivity index (χ1n) is 7.35. The number of imidazole rings is 1. The summed E-state index contributed by atoms with van der Waals surface area (Å²) in [4.78, 5) is 18.0. The second kappa shape index (κ2) is 6.84. The Bertz CT molecular complexity index is 902. The minimum absolute atomic E-state index is 0.179. The van der Waals surface area contributed by atoms with Crippen LogP contribution in [0.3, 0.4) is 0 Å². The maximum Gasteiger partial charge on any atom is 0.246 e. The van der Waals surface area contributed by atoms with Gasteiger partial charge >= 0.3 is 0 Å². The Morgan fingerprint density at radius 2 is 2.04 bits per heavy atom. The highest BCUT2D eigenvalue weighted by Crippen LogP contribution is 2.19. The van der Waals surface area contributed by atoms with E-state index in [-0.39, 0.29) is 11.7 Å². The van der Waals surface area contributed by atoms with Crippen molar-refractivity contribution in [2.45, 2.75) is 6.54 Å². The van der Waals surface area contributed by atoms with E-state index in [1.165, 1.54) is 18.2 Å². The number of likely N-dealkylation sites (N-methyl/N-ethyl adjacent to an activating group) is 1. The monoisotopic (exact) mass is 343 g/mol. The van der Waals surface area contributed by atoms with Crippen molar-refractivity contribution in [2.75, 3.05) is 7.05 Å². The average molecular weight is 344 g/mol. The van der Waals surface area contributed by atoms with E-state index in [2.05, 4.69) is 4.98 Å². The topological polar surface area (TPSA) is 37.6 Å². The first kappa shape index (κ1) is 16.2. The summed E-state index contributed by atoms with van der Waals surface area (Å²) in [5.74, 6) is -0.476. The van der Waals surface area contributed by atoms with Gasteiger partial charge in [-0.25, -0.2) is 9.37 Å². The third-order valence-corrected chi connectivity index (χ3v) is 3.89. The second-order valence-electron chi connectivity index (χ2n) is 5.37. The minimum atomic E-state index is -0.296. The molecule has 0 N–H and O–H groups in total. The van der Waals surface area contributed by atoms with Crippen LogP contribution in [0.1, 0.15) is 11.3 Å². The minimum Gasteiger partial charge on any atom is -0.338 e. The molecule has 0 aliphatic heterocycles. The second-order valence-corrected chi connectivity index (χ2v) is 5.73. The number of amides is 1. The van der Waals surface area contributed by atoms with Gasteiger partial charge in [0, 0.05) is 25.9 Å². The van der Waals surface area contributed by atoms with Crippen molar-refractivity contribution < 1.29 is 9.18 Å². The van der Waals surface area contributed by atoms with Crippen LogP contribution in [0.2, 0.25) is 5.15 Å². The van der Waals surface area contributed by atoms with Crippen LogP contribution in [0.4, 0.5) is 4.39 Å². The molecule has 4 nitrogen and oxygen atoms in total. The van der Waals surface area contributed by atoms with Gasteiger partial charge in [-0.05, 0) is 35.9 Å². The smallest absolute Gasteiger partial charge is 0.246 e. The van der Waals surface area contributed by atoms with Crippen molar-refractivity contribution >= 4 is 29.2 Å². The third-order valence-electron chi connectivity index (χ3n) is 3.61. The largest absolute Gasteiger partial charge is 0.338 e. The van der Waals surface area contributed by atoms with E-state index in [4.69, 9.17) is 11.6 Å². The molecule has 0 aliphatic rings. The normalized spacial score (nSPS) is 11.3. The van der Waals surface area contributed by atoms with Crippen LogP contribution in [-0.2, 0) is 11.3 Å². The van der Waals surface area contributed by atoms with Gasteiger partial charge in [0.2, 0.25) is 5.91 Å². The number of carbonyl (C=O) groups is 1. The molecule has 0 saturated carbocycles. The molecular formula is C18H15ClFN3O. The number of hydrogen-bond acceptors (Lipinski definition) is 2. The molecule has 1 amide bonds. The Labute approximate surface area is 143 Å². The molecule has 2 aromatic heterocycles. The first-order valence-corrected chi connectivity index (χ1v) is 7.72. The van der Waals surface area contributed by atoms with Gasteiger partial charge < -0.3 is 4.90 Å². The van der Waals surface area contributed by atoms with Crippen LogP contribution in [-0.4, -0.2) is 27.2 Å². The molecule has 122 valence electrons. The highest BCUT2D eigenvalue weighted by Gasteiger charge is 2.09. The Morgan fingerprint density at radius 3 is 2.79 bits per heavy atom. The third kappa shape index (κ3) is 3.46. The number of hydrogen-bond donors (Lipinski definition) is 0. The SMILES string of the molecule is CN(Cc1ccc(F)cc1)C(=O)/C=C/c1c(Cl)nc2ccccn12. The lowest BCUT2D eigenvalue weighted by atomic mass is 10.2. The number of aromatic nitrogens is 2. The molecule has 3 rings (SSSR count). The molecule has 0 radical (unpaired) electrons. The van der Waals surface area contributed by atoms with Crippen LogP contribution in [0, 0.1) is 5.82 Å². The summed E-state index contributed by atoms with van der Waals surface area (Å²) in [5.41, 5.74) is 2.22. The van der Waals surface area contributed by atoms with Crippen LogP contribution in [0.15, 0.2) is 54.7 Å². The summed E-state index contributed by atoms with van der Waals surface area (Å²) < 4.78 is 14.7. The van der Waals surface area contributed by atoms with E-state index in [1.807, 2.05) is 28.8 Å². The molecule has 3 aromatic rings. The number of pyridine rings is 1. The summed E-state index contributed by atoms with van der Waals surface area (Å²) in [7, 11) is 1.69. The number of nitrogens with zero attached hydrogens (tertiary/aromatic N) is 3. The lowest BCUT2D eigenvalue weighted by molar-refractivity contribution is -0.125. The number of benzene rings is 1. The zero-order chi connectivity index (χ0) is 17.1. The van der Waals surface area contributed by atoms with Crippen molar-refractivity contribution in [3.8, 4) is 0 Å². The molecule has 0 atom stereocenters. The van der Waals surface area contributed by atoms with E-state index < -0.39 is 0 Å². The number of rotatable bonds is 4. The van der Waals surface area contributed by atoms with Gasteiger partial charge in [0.15, 0.2) is 5.15 Å². The van der Waals surface area contributed by atoms with Gasteiger partial charge in [0.05, 0.1) is 5.69 Å². The molecular weight excluding hydrogens is 329 g/mol. The number of halogens is 2.